The van der Waals surface area contributed by atoms with Crippen LogP contribution >= 0.6 is 22.7 Å². The molecule has 3 aromatic heterocycles. The van der Waals surface area contributed by atoms with Crippen molar-refractivity contribution in [3.05, 3.63) is 57.9 Å². The number of carboxylic acid groups (broad SMARTS) is 1. The van der Waals surface area contributed by atoms with Gasteiger partial charge in [0.25, 0.3) is 0 Å². The number of nitrogens with one attached hydrogen (secondary N) is 2. The van der Waals surface area contributed by atoms with Crippen LogP contribution in [-0.2, 0) is 13.1 Å². The summed E-state index contributed by atoms with van der Waals surface area (Å²) in [4.78, 5) is 12.6. The standard InChI is InChI=1S/C19H17N3O3S2/c1-25-13-4-2-3-11(5-13)18-12(9-21-22-18)8-20-10-14-6-15-16(26-14)7-17(27-15)19(23)24/h2-7,9,20H,8,10H2,1H3,(H,21,22)(H,23,24). The van der Waals surface area contributed by atoms with Gasteiger partial charge in [-0.25, -0.2) is 4.79 Å². The van der Waals surface area contributed by atoms with Crippen LogP contribution in [0.15, 0.2) is 42.6 Å². The molecule has 0 fully saturated rings. The lowest BCUT2D eigenvalue weighted by Crippen LogP contribution is -2.11. The fourth-order valence-corrected chi connectivity index (χ4v) is 5.10. The lowest BCUT2D eigenvalue weighted by atomic mass is 10.1. The Balaban J connectivity index is 1.43. The van der Waals surface area contributed by atoms with Gasteiger partial charge in [-0.05, 0) is 24.3 Å². The fourth-order valence-electron chi connectivity index (χ4n) is 2.87. The van der Waals surface area contributed by atoms with Crippen molar-refractivity contribution in [2.75, 3.05) is 7.11 Å². The van der Waals surface area contributed by atoms with Crippen LogP contribution in [0.5, 0.6) is 5.75 Å². The number of aromatic nitrogens is 2. The third kappa shape index (κ3) is 3.73. The average Bonchev–Trinajstić information content (AvgIpc) is 3.36. The zero-order valence-corrected chi connectivity index (χ0v) is 16.1. The third-order valence-corrected chi connectivity index (χ3v) is 6.44. The highest BCUT2D eigenvalue weighted by molar-refractivity contribution is 7.28. The zero-order valence-electron chi connectivity index (χ0n) is 14.5. The lowest BCUT2D eigenvalue weighted by Gasteiger charge is -2.06. The second-order valence-corrected chi connectivity index (χ2v) is 8.21. The molecule has 0 atom stereocenters. The summed E-state index contributed by atoms with van der Waals surface area (Å²) < 4.78 is 7.34. The molecule has 4 rings (SSSR count). The van der Waals surface area contributed by atoms with E-state index in [1.54, 1.807) is 24.5 Å². The summed E-state index contributed by atoms with van der Waals surface area (Å²) in [7, 11) is 1.65. The second kappa shape index (κ2) is 7.51. The summed E-state index contributed by atoms with van der Waals surface area (Å²) in [5.41, 5.74) is 3.08. The van der Waals surface area contributed by atoms with E-state index in [4.69, 9.17) is 9.84 Å². The lowest BCUT2D eigenvalue weighted by molar-refractivity contribution is 0.0702. The maximum Gasteiger partial charge on any atom is 0.345 e. The maximum absolute atomic E-state index is 11.0. The van der Waals surface area contributed by atoms with Gasteiger partial charge in [-0.2, -0.15) is 5.10 Å². The molecule has 0 saturated carbocycles. The third-order valence-electron chi connectivity index (χ3n) is 4.16. The molecule has 0 aliphatic heterocycles. The SMILES string of the molecule is COc1cccc(-c2[nH]ncc2CNCc2cc3sc(C(=O)O)cc3s2)c1. The molecule has 0 unspecified atom stereocenters. The van der Waals surface area contributed by atoms with Gasteiger partial charge in [-0.1, -0.05) is 12.1 Å². The molecule has 8 heteroatoms. The van der Waals surface area contributed by atoms with E-state index in [-0.39, 0.29) is 0 Å². The molecular formula is C19H17N3O3S2. The van der Waals surface area contributed by atoms with Crippen molar-refractivity contribution in [1.29, 1.82) is 0 Å². The number of aromatic amines is 1. The van der Waals surface area contributed by atoms with Gasteiger partial charge in [0.1, 0.15) is 10.6 Å². The van der Waals surface area contributed by atoms with Crippen LogP contribution in [0.4, 0.5) is 0 Å². The van der Waals surface area contributed by atoms with Gasteiger partial charge < -0.3 is 15.2 Å². The van der Waals surface area contributed by atoms with Crippen LogP contribution in [0.2, 0.25) is 0 Å². The monoisotopic (exact) mass is 399 g/mol. The quantitative estimate of drug-likeness (QED) is 0.430. The van der Waals surface area contributed by atoms with Gasteiger partial charge in [0.15, 0.2) is 0 Å². The first-order valence-electron chi connectivity index (χ1n) is 8.27. The van der Waals surface area contributed by atoms with Crippen LogP contribution in [0.25, 0.3) is 20.7 Å². The molecule has 1 aromatic carbocycles. The number of H-pyrrole nitrogens is 1. The highest BCUT2D eigenvalue weighted by Crippen LogP contribution is 2.33. The summed E-state index contributed by atoms with van der Waals surface area (Å²) in [5.74, 6) is -0.0616. The number of carbonyl (C=O) groups is 1. The van der Waals surface area contributed by atoms with Crippen LogP contribution in [0, 0.1) is 0 Å². The molecule has 0 amide bonds. The minimum Gasteiger partial charge on any atom is -0.497 e. The van der Waals surface area contributed by atoms with E-state index in [2.05, 4.69) is 21.6 Å². The first kappa shape index (κ1) is 17.7. The molecule has 27 heavy (non-hydrogen) atoms. The molecule has 0 bridgehead atoms. The van der Waals surface area contributed by atoms with Gasteiger partial charge in [-0.3, -0.25) is 5.10 Å². The van der Waals surface area contributed by atoms with Crippen molar-refractivity contribution in [2.24, 2.45) is 0 Å². The Hall–Kier alpha value is -2.68. The van der Waals surface area contributed by atoms with Crippen LogP contribution < -0.4 is 10.1 Å². The summed E-state index contributed by atoms with van der Waals surface area (Å²) in [6.45, 7) is 1.40. The summed E-state index contributed by atoms with van der Waals surface area (Å²) >= 11 is 2.94. The molecule has 0 radical (unpaired) electrons. The van der Waals surface area contributed by atoms with E-state index in [0.717, 1.165) is 38.5 Å². The van der Waals surface area contributed by atoms with Crippen molar-refractivity contribution in [3.63, 3.8) is 0 Å². The number of hydrogen-bond acceptors (Lipinski definition) is 6. The Kier molecular flexibility index (Phi) is 4.93. The van der Waals surface area contributed by atoms with E-state index < -0.39 is 5.97 Å². The molecule has 138 valence electrons. The number of thiophene rings is 2. The average molecular weight is 399 g/mol. The highest BCUT2D eigenvalue weighted by atomic mass is 32.1. The molecule has 0 aliphatic carbocycles. The Morgan fingerprint density at radius 3 is 2.85 bits per heavy atom. The number of ether oxygens (including phenoxy) is 1. The van der Waals surface area contributed by atoms with E-state index in [1.165, 1.54) is 16.2 Å². The molecule has 0 spiro atoms. The molecule has 4 aromatic rings. The topological polar surface area (TPSA) is 87.2 Å². The van der Waals surface area contributed by atoms with E-state index in [0.29, 0.717) is 11.4 Å². The van der Waals surface area contributed by atoms with Crippen molar-refractivity contribution in [3.8, 4) is 17.0 Å². The number of fused-ring (bicyclic) bond motifs is 1. The van der Waals surface area contributed by atoms with E-state index in [9.17, 15) is 4.79 Å². The number of hydrogen-bond donors (Lipinski definition) is 3. The van der Waals surface area contributed by atoms with Crippen LogP contribution in [0.1, 0.15) is 20.1 Å². The number of nitrogens with zero attached hydrogens (tertiary/aromatic N) is 1. The van der Waals surface area contributed by atoms with Crippen molar-refractivity contribution < 1.29 is 14.6 Å². The van der Waals surface area contributed by atoms with Crippen LogP contribution in [-0.4, -0.2) is 28.4 Å². The van der Waals surface area contributed by atoms with Gasteiger partial charge in [0.2, 0.25) is 0 Å². The Morgan fingerprint density at radius 1 is 1.22 bits per heavy atom. The van der Waals surface area contributed by atoms with Crippen LogP contribution in [0.3, 0.4) is 0 Å². The van der Waals surface area contributed by atoms with E-state index in [1.807, 2.05) is 30.5 Å². The Morgan fingerprint density at radius 2 is 2.07 bits per heavy atom. The normalized spacial score (nSPS) is 11.1. The maximum atomic E-state index is 11.0. The molecule has 3 heterocycles. The minimum atomic E-state index is -0.867. The first-order chi connectivity index (χ1) is 13.1. The van der Waals surface area contributed by atoms with Gasteiger partial charge in [0.05, 0.1) is 19.0 Å². The van der Waals surface area contributed by atoms with Crippen molar-refractivity contribution in [1.82, 2.24) is 15.5 Å². The van der Waals surface area contributed by atoms with E-state index >= 15 is 0 Å². The molecule has 0 saturated heterocycles. The predicted molar refractivity (Wildman–Crippen MR) is 108 cm³/mol. The predicted octanol–water partition coefficient (Wildman–Crippen LogP) is 4.35. The highest BCUT2D eigenvalue weighted by Gasteiger charge is 2.12. The zero-order chi connectivity index (χ0) is 18.8. The Bertz CT molecular complexity index is 1070. The first-order valence-corrected chi connectivity index (χ1v) is 9.90. The van der Waals surface area contributed by atoms with Crippen molar-refractivity contribution >= 4 is 38.0 Å². The second-order valence-electron chi connectivity index (χ2n) is 5.96. The minimum absolute atomic E-state index is 0.386. The summed E-state index contributed by atoms with van der Waals surface area (Å²) in [6, 6.07) is 11.7. The summed E-state index contributed by atoms with van der Waals surface area (Å²) in [5, 5.41) is 19.7. The number of aromatic carboxylic acids is 1. The molecule has 0 aliphatic rings. The molecule has 3 N–H and O–H groups in total. The van der Waals surface area contributed by atoms with Gasteiger partial charge >= 0.3 is 5.97 Å². The Labute approximate surface area is 163 Å². The largest absolute Gasteiger partial charge is 0.497 e. The van der Waals surface area contributed by atoms with Crippen molar-refractivity contribution in [2.45, 2.75) is 13.1 Å². The number of methoxy groups -OCH3 is 1. The molecule has 6 nitrogen and oxygen atoms in total. The van der Waals surface area contributed by atoms with Gasteiger partial charge in [-0.15, -0.1) is 22.7 Å². The summed E-state index contributed by atoms with van der Waals surface area (Å²) in [6.07, 6.45) is 1.83. The smallest absolute Gasteiger partial charge is 0.345 e. The number of rotatable bonds is 7. The number of benzene rings is 1. The molecular weight excluding hydrogens is 382 g/mol. The number of carboxylic acids is 1. The fraction of sp³-hybridized carbons (Fsp3) is 0.158. The van der Waals surface area contributed by atoms with Gasteiger partial charge in [0, 0.05) is 38.5 Å².